The molecule has 11 heteroatoms. The standard InChI is InChI=1S/C22H24N2O9/c1-12(25)32-17-16(19(26)23-9-10-30-21(23)28)22-15(7-8-24(22)20(27)18(17)33-22)31-11-13-3-5-14(29-2)6-4-13/h3-6,15-18H,7-11H2,1-2H3/t15-,16-,17+,18-,22+/m0/s1. The second kappa shape index (κ2) is 7.99. The van der Waals surface area contributed by atoms with Crippen LogP contribution in [0.25, 0.3) is 0 Å². The second-order valence-corrected chi connectivity index (χ2v) is 8.37. The van der Waals surface area contributed by atoms with E-state index < -0.39 is 47.9 Å². The van der Waals surface area contributed by atoms with E-state index >= 15 is 0 Å². The normalized spacial score (nSPS) is 32.2. The number of hydrogen-bond donors (Lipinski definition) is 0. The van der Waals surface area contributed by atoms with Gasteiger partial charge in [0, 0.05) is 13.5 Å². The van der Waals surface area contributed by atoms with Gasteiger partial charge >= 0.3 is 12.1 Å². The number of fused-ring (bicyclic) bond motifs is 1. The third-order valence-corrected chi connectivity index (χ3v) is 6.60. The summed E-state index contributed by atoms with van der Waals surface area (Å²) in [5.41, 5.74) is -0.596. The molecule has 4 aliphatic heterocycles. The Morgan fingerprint density at radius 3 is 2.58 bits per heavy atom. The van der Waals surface area contributed by atoms with E-state index in [0.29, 0.717) is 18.7 Å². The van der Waals surface area contributed by atoms with Gasteiger partial charge in [0.1, 0.15) is 24.4 Å². The highest BCUT2D eigenvalue weighted by Gasteiger charge is 2.77. The SMILES string of the molecule is COc1ccc(CO[C@H]2CCN3C(=O)[C@H]4O[C@@]23[C@H](C(=O)N2CCOC2=O)[C@H]4OC(C)=O)cc1. The van der Waals surface area contributed by atoms with Gasteiger partial charge in [-0.1, -0.05) is 12.1 Å². The first-order valence-electron chi connectivity index (χ1n) is 10.8. The molecule has 0 aromatic heterocycles. The van der Waals surface area contributed by atoms with Crippen molar-refractivity contribution >= 4 is 23.9 Å². The minimum atomic E-state index is -1.46. The van der Waals surface area contributed by atoms with Crippen LogP contribution in [-0.2, 0) is 39.9 Å². The van der Waals surface area contributed by atoms with Crippen molar-refractivity contribution in [1.82, 2.24) is 9.80 Å². The van der Waals surface area contributed by atoms with Gasteiger partial charge < -0.3 is 28.6 Å². The maximum absolute atomic E-state index is 13.5. The number of esters is 1. The van der Waals surface area contributed by atoms with Crippen LogP contribution in [0.3, 0.4) is 0 Å². The first kappa shape index (κ1) is 21.7. The number of imide groups is 1. The summed E-state index contributed by atoms with van der Waals surface area (Å²) in [4.78, 5) is 52.9. The number of ether oxygens (including phenoxy) is 5. The maximum atomic E-state index is 13.5. The highest BCUT2D eigenvalue weighted by atomic mass is 16.6. The molecule has 1 aromatic carbocycles. The smallest absolute Gasteiger partial charge is 0.416 e. The van der Waals surface area contributed by atoms with E-state index in [-0.39, 0.29) is 25.7 Å². The molecule has 4 fully saturated rings. The summed E-state index contributed by atoms with van der Waals surface area (Å²) >= 11 is 0. The maximum Gasteiger partial charge on any atom is 0.416 e. The van der Waals surface area contributed by atoms with Gasteiger partial charge in [-0.25, -0.2) is 9.69 Å². The zero-order chi connectivity index (χ0) is 23.3. The molecule has 2 bridgehead atoms. The predicted molar refractivity (Wildman–Crippen MR) is 108 cm³/mol. The molecular weight excluding hydrogens is 436 g/mol. The van der Waals surface area contributed by atoms with Crippen LogP contribution in [0.15, 0.2) is 24.3 Å². The van der Waals surface area contributed by atoms with Crippen molar-refractivity contribution in [1.29, 1.82) is 0 Å². The third kappa shape index (κ3) is 3.25. The van der Waals surface area contributed by atoms with E-state index in [4.69, 9.17) is 23.7 Å². The van der Waals surface area contributed by atoms with Crippen molar-refractivity contribution in [2.24, 2.45) is 5.92 Å². The van der Waals surface area contributed by atoms with E-state index in [1.54, 1.807) is 19.2 Å². The van der Waals surface area contributed by atoms with Crippen LogP contribution in [0.1, 0.15) is 18.9 Å². The zero-order valence-corrected chi connectivity index (χ0v) is 18.2. The average Bonchev–Trinajstić information content (AvgIpc) is 3.53. The molecule has 11 nitrogen and oxygen atoms in total. The van der Waals surface area contributed by atoms with Gasteiger partial charge in [0.25, 0.3) is 5.91 Å². The number of carbonyl (C=O) groups excluding carboxylic acids is 4. The lowest BCUT2D eigenvalue weighted by Crippen LogP contribution is -2.64. The number of methoxy groups -OCH3 is 1. The van der Waals surface area contributed by atoms with Crippen LogP contribution in [0.2, 0.25) is 0 Å². The molecule has 176 valence electrons. The summed E-state index contributed by atoms with van der Waals surface area (Å²) in [6.45, 7) is 1.88. The molecule has 0 N–H and O–H groups in total. The molecule has 1 aromatic rings. The number of rotatable bonds is 6. The molecule has 0 aliphatic carbocycles. The number of piperidine rings is 1. The van der Waals surface area contributed by atoms with Crippen molar-refractivity contribution in [3.8, 4) is 5.75 Å². The Morgan fingerprint density at radius 1 is 1.18 bits per heavy atom. The summed E-state index contributed by atoms with van der Waals surface area (Å²) in [5.74, 6) is -2.02. The van der Waals surface area contributed by atoms with Crippen LogP contribution in [0.4, 0.5) is 4.79 Å². The monoisotopic (exact) mass is 460 g/mol. The lowest BCUT2D eigenvalue weighted by Gasteiger charge is -2.41. The van der Waals surface area contributed by atoms with Gasteiger partial charge in [0.2, 0.25) is 5.91 Å². The van der Waals surface area contributed by atoms with Crippen LogP contribution in [0.5, 0.6) is 5.75 Å². The lowest BCUT2D eigenvalue weighted by molar-refractivity contribution is -0.181. The van der Waals surface area contributed by atoms with Gasteiger partial charge in [-0.3, -0.25) is 14.4 Å². The van der Waals surface area contributed by atoms with E-state index in [2.05, 4.69) is 0 Å². The number of carbonyl (C=O) groups is 4. The first-order chi connectivity index (χ1) is 15.9. The number of hydrogen-bond acceptors (Lipinski definition) is 9. The van der Waals surface area contributed by atoms with Crippen LogP contribution >= 0.6 is 0 Å². The molecule has 1 spiro atoms. The molecule has 3 amide bonds. The molecule has 4 heterocycles. The molecule has 4 saturated heterocycles. The molecular formula is C22H24N2O9. The Morgan fingerprint density at radius 2 is 1.94 bits per heavy atom. The fourth-order valence-electron chi connectivity index (χ4n) is 5.21. The highest BCUT2D eigenvalue weighted by Crippen LogP contribution is 2.54. The van der Waals surface area contributed by atoms with Crippen molar-refractivity contribution in [2.75, 3.05) is 26.8 Å². The van der Waals surface area contributed by atoms with E-state index in [0.717, 1.165) is 10.5 Å². The molecule has 33 heavy (non-hydrogen) atoms. The average molecular weight is 460 g/mol. The highest BCUT2D eigenvalue weighted by molar-refractivity contribution is 5.98. The summed E-state index contributed by atoms with van der Waals surface area (Å²) in [6.07, 6.45) is -3.30. The fourth-order valence-corrected chi connectivity index (χ4v) is 5.21. The minimum Gasteiger partial charge on any atom is -0.497 e. The molecule has 0 saturated carbocycles. The summed E-state index contributed by atoms with van der Waals surface area (Å²) in [7, 11) is 1.58. The largest absolute Gasteiger partial charge is 0.497 e. The Bertz CT molecular complexity index is 996. The van der Waals surface area contributed by atoms with Crippen LogP contribution in [-0.4, -0.2) is 84.5 Å². The number of amides is 3. The van der Waals surface area contributed by atoms with E-state index in [9.17, 15) is 19.2 Å². The lowest BCUT2D eigenvalue weighted by atomic mass is 9.83. The number of benzene rings is 1. The van der Waals surface area contributed by atoms with Crippen molar-refractivity contribution < 1.29 is 42.9 Å². The fraction of sp³-hybridized carbons (Fsp3) is 0.545. The van der Waals surface area contributed by atoms with E-state index in [1.165, 1.54) is 11.8 Å². The molecule has 4 aliphatic rings. The van der Waals surface area contributed by atoms with E-state index in [1.807, 2.05) is 12.1 Å². The van der Waals surface area contributed by atoms with Crippen LogP contribution < -0.4 is 4.74 Å². The van der Waals surface area contributed by atoms with Gasteiger partial charge in [-0.05, 0) is 24.1 Å². The molecule has 0 radical (unpaired) electrons. The van der Waals surface area contributed by atoms with Gasteiger partial charge in [0.15, 0.2) is 17.9 Å². The second-order valence-electron chi connectivity index (χ2n) is 8.37. The van der Waals surface area contributed by atoms with Crippen molar-refractivity contribution in [3.05, 3.63) is 29.8 Å². The van der Waals surface area contributed by atoms with Gasteiger partial charge in [0.05, 0.1) is 20.3 Å². The van der Waals surface area contributed by atoms with Crippen molar-refractivity contribution in [3.63, 3.8) is 0 Å². The summed E-state index contributed by atoms with van der Waals surface area (Å²) in [5, 5.41) is 0. The molecule has 0 unspecified atom stereocenters. The number of cyclic esters (lactones) is 1. The van der Waals surface area contributed by atoms with Crippen molar-refractivity contribution in [2.45, 2.75) is 44.0 Å². The Balaban J connectivity index is 1.45. The summed E-state index contributed by atoms with van der Waals surface area (Å²) in [6, 6.07) is 7.32. The van der Waals surface area contributed by atoms with Gasteiger partial charge in [-0.15, -0.1) is 0 Å². The molecule has 5 rings (SSSR count). The first-order valence-corrected chi connectivity index (χ1v) is 10.8. The summed E-state index contributed by atoms with van der Waals surface area (Å²) < 4.78 is 27.8. The Kier molecular flexibility index (Phi) is 5.25. The zero-order valence-electron chi connectivity index (χ0n) is 18.2. The Hall–Kier alpha value is -3.18. The Labute approximate surface area is 189 Å². The quantitative estimate of drug-likeness (QED) is 0.557. The van der Waals surface area contributed by atoms with Crippen LogP contribution in [0, 0.1) is 5.92 Å². The minimum absolute atomic E-state index is 0.0762. The number of nitrogens with zero attached hydrogens (tertiary/aromatic N) is 2. The third-order valence-electron chi connectivity index (χ3n) is 6.60. The molecule has 5 atom stereocenters. The predicted octanol–water partition coefficient (Wildman–Crippen LogP) is 0.448. The van der Waals surface area contributed by atoms with Gasteiger partial charge in [-0.2, -0.15) is 0 Å². The topological polar surface area (TPSA) is 121 Å².